The van der Waals surface area contributed by atoms with Gasteiger partial charge in [-0.25, -0.2) is 0 Å². The second-order valence-electron chi connectivity index (χ2n) is 5.09. The second kappa shape index (κ2) is 7.47. The lowest BCUT2D eigenvalue weighted by Crippen LogP contribution is -2.13. The Labute approximate surface area is 126 Å². The quantitative estimate of drug-likeness (QED) is 0.593. The van der Waals surface area contributed by atoms with E-state index < -0.39 is 7.14 Å². The molecule has 106 valence electrons. The van der Waals surface area contributed by atoms with E-state index >= 15 is 0 Å². The van der Waals surface area contributed by atoms with Gasteiger partial charge < -0.3 is 9.88 Å². The molecule has 0 aromatic heterocycles. The zero-order chi connectivity index (χ0) is 14.5. The molecule has 1 rings (SSSR count). The minimum absolute atomic E-state index is 0.208. The number of thiocarbonyl (C=S) groups is 1. The Morgan fingerprint density at radius 3 is 2.21 bits per heavy atom. The average molecular weight is 315 g/mol. The molecule has 2 nitrogen and oxygen atoms in total. The molecule has 1 aromatic carbocycles. The van der Waals surface area contributed by atoms with Gasteiger partial charge in [0, 0.05) is 17.0 Å². The lowest BCUT2D eigenvalue weighted by molar-refractivity contribution is 0.565. The molecule has 0 radical (unpaired) electrons. The summed E-state index contributed by atoms with van der Waals surface area (Å²) in [5.74, 6) is 0. The van der Waals surface area contributed by atoms with Gasteiger partial charge in [-0.05, 0) is 12.1 Å². The van der Waals surface area contributed by atoms with E-state index in [-0.39, 0.29) is 11.3 Å². The highest BCUT2D eigenvalue weighted by molar-refractivity contribution is 8.26. The van der Waals surface area contributed by atoms with Crippen molar-refractivity contribution in [3.63, 3.8) is 0 Å². The summed E-state index contributed by atoms with van der Waals surface area (Å²) in [6.07, 6.45) is 0. The Balaban J connectivity index is 2.56. The predicted molar refractivity (Wildman–Crippen MR) is 93.0 cm³/mol. The number of benzene rings is 1. The second-order valence-corrected chi connectivity index (χ2v) is 11.3. The van der Waals surface area contributed by atoms with Crippen LogP contribution in [0.4, 0.5) is 5.69 Å². The van der Waals surface area contributed by atoms with E-state index in [9.17, 15) is 4.57 Å². The van der Waals surface area contributed by atoms with Crippen molar-refractivity contribution >= 4 is 41.1 Å². The maximum atomic E-state index is 12.9. The Hall–Kier alpha value is -0.310. The predicted octanol–water partition coefficient (Wildman–Crippen LogP) is 5.25. The first-order valence-electron chi connectivity index (χ1n) is 6.43. The first kappa shape index (κ1) is 16.7. The number of hydrogen-bond donors (Lipinski definition) is 1. The number of nitrogens with one attached hydrogen (secondary N) is 1. The van der Waals surface area contributed by atoms with Crippen LogP contribution in [0.15, 0.2) is 30.3 Å². The molecule has 0 spiro atoms. The minimum atomic E-state index is -2.19. The van der Waals surface area contributed by atoms with E-state index in [1.807, 2.05) is 58.0 Å². The lowest BCUT2D eigenvalue weighted by atomic mass is 10.3. The lowest BCUT2D eigenvalue weighted by Gasteiger charge is -2.25. The number of thioether (sulfide) groups is 1. The van der Waals surface area contributed by atoms with Crippen molar-refractivity contribution < 1.29 is 4.57 Å². The molecule has 5 heteroatoms. The van der Waals surface area contributed by atoms with E-state index in [1.54, 1.807) is 0 Å². The zero-order valence-electron chi connectivity index (χ0n) is 11.9. The van der Waals surface area contributed by atoms with Crippen LogP contribution in [0.25, 0.3) is 0 Å². The first-order valence-corrected chi connectivity index (χ1v) is 9.86. The van der Waals surface area contributed by atoms with Gasteiger partial charge in [-0.2, -0.15) is 0 Å². The highest BCUT2D eigenvalue weighted by Gasteiger charge is 2.30. The molecule has 1 aromatic rings. The molecule has 19 heavy (non-hydrogen) atoms. The fourth-order valence-corrected chi connectivity index (χ4v) is 7.37. The van der Waals surface area contributed by atoms with Crippen molar-refractivity contribution in [3.8, 4) is 0 Å². The Morgan fingerprint density at radius 1 is 1.21 bits per heavy atom. The number of rotatable bonds is 5. The van der Waals surface area contributed by atoms with Crippen molar-refractivity contribution in [2.45, 2.75) is 39.0 Å². The molecular formula is C14H22NOPS2. The number of anilines is 1. The summed E-state index contributed by atoms with van der Waals surface area (Å²) in [6, 6.07) is 9.83. The van der Waals surface area contributed by atoms with E-state index in [0.717, 1.165) is 5.69 Å². The third kappa shape index (κ3) is 4.94. The van der Waals surface area contributed by atoms with Gasteiger partial charge >= 0.3 is 0 Å². The van der Waals surface area contributed by atoms with Gasteiger partial charge in [-0.15, -0.1) is 0 Å². The summed E-state index contributed by atoms with van der Waals surface area (Å²) in [5, 5.41) is 3.17. The van der Waals surface area contributed by atoms with Crippen LogP contribution in [0.1, 0.15) is 27.7 Å². The first-order chi connectivity index (χ1) is 8.86. The van der Waals surface area contributed by atoms with Gasteiger partial charge in [0.2, 0.25) is 0 Å². The van der Waals surface area contributed by atoms with E-state index in [1.165, 1.54) is 11.8 Å². The van der Waals surface area contributed by atoms with Crippen molar-refractivity contribution in [1.82, 2.24) is 0 Å². The average Bonchev–Trinajstić information content (AvgIpc) is 2.36. The van der Waals surface area contributed by atoms with Gasteiger partial charge in [0.15, 0.2) is 0 Å². The van der Waals surface area contributed by atoms with Gasteiger partial charge in [0.1, 0.15) is 11.5 Å². The van der Waals surface area contributed by atoms with Gasteiger partial charge in [-0.1, -0.05) is 69.9 Å². The van der Waals surface area contributed by atoms with Crippen LogP contribution < -0.4 is 5.32 Å². The largest absolute Gasteiger partial charge is 0.341 e. The summed E-state index contributed by atoms with van der Waals surface area (Å²) in [5.41, 5.74) is 2.00. The summed E-state index contributed by atoms with van der Waals surface area (Å²) >= 11 is 6.80. The van der Waals surface area contributed by atoms with E-state index in [4.69, 9.17) is 12.2 Å². The molecule has 0 bridgehead atoms. The summed E-state index contributed by atoms with van der Waals surface area (Å²) in [6.45, 7) is 8.15. The van der Waals surface area contributed by atoms with Crippen LogP contribution in [0.2, 0.25) is 0 Å². The molecule has 0 unspecified atom stereocenters. The van der Waals surface area contributed by atoms with Gasteiger partial charge in [0.25, 0.3) is 0 Å². The summed E-state index contributed by atoms with van der Waals surface area (Å²) < 4.78 is 13.5. The van der Waals surface area contributed by atoms with Crippen LogP contribution in [-0.4, -0.2) is 21.1 Å². The molecule has 0 aliphatic carbocycles. The van der Waals surface area contributed by atoms with Crippen molar-refractivity contribution in [2.24, 2.45) is 0 Å². The fraction of sp³-hybridized carbons (Fsp3) is 0.500. The van der Waals surface area contributed by atoms with Crippen LogP contribution in [0.3, 0.4) is 0 Å². The monoisotopic (exact) mass is 315 g/mol. The topological polar surface area (TPSA) is 29.1 Å². The Kier molecular flexibility index (Phi) is 6.58. The smallest absolute Gasteiger partial charge is 0.138 e. The van der Waals surface area contributed by atoms with E-state index in [2.05, 4.69) is 5.32 Å². The number of hydrogen-bond acceptors (Lipinski definition) is 3. The molecule has 0 atom stereocenters. The fourth-order valence-electron chi connectivity index (χ4n) is 1.73. The van der Waals surface area contributed by atoms with Gasteiger partial charge in [-0.3, -0.25) is 0 Å². The van der Waals surface area contributed by atoms with Crippen molar-refractivity contribution in [1.29, 1.82) is 0 Å². The van der Waals surface area contributed by atoms with Crippen molar-refractivity contribution in [2.75, 3.05) is 10.8 Å². The van der Waals surface area contributed by atoms with E-state index in [0.29, 0.717) is 9.81 Å². The van der Waals surface area contributed by atoms with Gasteiger partial charge in [0.05, 0.1) is 5.49 Å². The minimum Gasteiger partial charge on any atom is -0.341 e. The van der Waals surface area contributed by atoms with Crippen molar-refractivity contribution in [3.05, 3.63) is 30.3 Å². The third-order valence-corrected chi connectivity index (χ3v) is 9.61. The molecule has 1 N–H and O–H groups in total. The standard InChI is InChI=1S/C14H22NOPS2/c1-11(2)17(16,12(3)4)10-19-14(18)15-13-8-6-5-7-9-13/h5-9,11-12H,10H2,1-4H3,(H,15,18). The molecule has 0 aliphatic heterocycles. The third-order valence-electron chi connectivity index (χ3n) is 3.17. The Morgan fingerprint density at radius 2 is 1.74 bits per heavy atom. The Bertz CT molecular complexity index is 448. The SMILES string of the molecule is CC(C)P(=O)(CSC(=S)Nc1ccccc1)C(C)C. The number of para-hydroxylation sites is 1. The molecular weight excluding hydrogens is 293 g/mol. The molecule has 0 fully saturated rings. The molecule has 0 heterocycles. The normalized spacial score (nSPS) is 11.9. The van der Waals surface area contributed by atoms with Crippen LogP contribution in [-0.2, 0) is 4.57 Å². The highest BCUT2D eigenvalue weighted by Crippen LogP contribution is 2.57. The zero-order valence-corrected chi connectivity index (χ0v) is 14.4. The maximum absolute atomic E-state index is 12.9. The highest BCUT2D eigenvalue weighted by atomic mass is 32.2. The summed E-state index contributed by atoms with van der Waals surface area (Å²) in [7, 11) is -2.19. The van der Waals surface area contributed by atoms with Crippen LogP contribution in [0, 0.1) is 0 Å². The molecule has 0 amide bonds. The molecule has 0 saturated carbocycles. The molecule has 0 saturated heterocycles. The molecule has 0 aliphatic rings. The van der Waals surface area contributed by atoms with Crippen LogP contribution in [0.5, 0.6) is 0 Å². The maximum Gasteiger partial charge on any atom is 0.138 e. The summed E-state index contributed by atoms with van der Waals surface area (Å²) in [4.78, 5) is 0. The van der Waals surface area contributed by atoms with Crippen LogP contribution >= 0.6 is 31.1 Å².